The van der Waals surface area contributed by atoms with Crippen LogP contribution in [0.3, 0.4) is 0 Å². The second kappa shape index (κ2) is 7.45. The Labute approximate surface area is 161 Å². The van der Waals surface area contributed by atoms with Crippen molar-refractivity contribution >= 4 is 21.8 Å². The number of benzene rings is 1. The molecule has 1 aromatic carbocycles. The van der Waals surface area contributed by atoms with Crippen molar-refractivity contribution in [2.24, 2.45) is 7.05 Å². The van der Waals surface area contributed by atoms with Crippen LogP contribution in [0.15, 0.2) is 34.8 Å². The normalized spacial score (nSPS) is 11.0. The van der Waals surface area contributed by atoms with Crippen molar-refractivity contribution in [1.82, 2.24) is 24.9 Å². The number of halogens is 1. The molecule has 3 aromatic rings. The zero-order valence-corrected chi connectivity index (χ0v) is 17.0. The minimum absolute atomic E-state index is 0.107. The summed E-state index contributed by atoms with van der Waals surface area (Å²) in [4.78, 5) is 12.5. The van der Waals surface area contributed by atoms with E-state index in [4.69, 9.17) is 0 Å². The summed E-state index contributed by atoms with van der Waals surface area (Å²) >= 11 is 3.55. The Balaban J connectivity index is 1.69. The number of hydrogen-bond donors (Lipinski definition) is 1. The molecule has 2 aromatic heterocycles. The number of hydrogen-bond acceptors (Lipinski definition) is 3. The number of amides is 1. The lowest BCUT2D eigenvalue weighted by molar-refractivity contribution is 0.0950. The predicted octanol–water partition coefficient (Wildman–Crippen LogP) is 3.28. The lowest BCUT2D eigenvalue weighted by atomic mass is 10.1. The number of nitrogens with zero attached hydrogens (tertiary/aromatic N) is 4. The molecule has 6 nitrogen and oxygen atoms in total. The predicted molar refractivity (Wildman–Crippen MR) is 104 cm³/mol. The van der Waals surface area contributed by atoms with Crippen molar-refractivity contribution in [2.75, 3.05) is 0 Å². The van der Waals surface area contributed by atoms with Crippen LogP contribution < -0.4 is 5.32 Å². The fourth-order valence-corrected chi connectivity index (χ4v) is 3.09. The van der Waals surface area contributed by atoms with Gasteiger partial charge in [-0.1, -0.05) is 12.1 Å². The van der Waals surface area contributed by atoms with Gasteiger partial charge in [0, 0.05) is 18.3 Å². The Morgan fingerprint density at radius 3 is 2.58 bits per heavy atom. The van der Waals surface area contributed by atoms with Crippen molar-refractivity contribution in [3.05, 3.63) is 68.7 Å². The van der Waals surface area contributed by atoms with Gasteiger partial charge in [0.1, 0.15) is 0 Å². The van der Waals surface area contributed by atoms with Crippen molar-refractivity contribution in [3.63, 3.8) is 0 Å². The third kappa shape index (κ3) is 3.88. The maximum atomic E-state index is 12.5. The first kappa shape index (κ1) is 18.4. The van der Waals surface area contributed by atoms with Gasteiger partial charge in [0.05, 0.1) is 34.6 Å². The van der Waals surface area contributed by atoms with Crippen LogP contribution in [0.5, 0.6) is 0 Å². The first-order valence-corrected chi connectivity index (χ1v) is 9.20. The Morgan fingerprint density at radius 1 is 1.19 bits per heavy atom. The quantitative estimate of drug-likeness (QED) is 0.695. The molecule has 1 N–H and O–H groups in total. The van der Waals surface area contributed by atoms with Gasteiger partial charge in [-0.2, -0.15) is 10.2 Å². The van der Waals surface area contributed by atoms with Gasteiger partial charge < -0.3 is 5.32 Å². The summed E-state index contributed by atoms with van der Waals surface area (Å²) in [5, 5.41) is 11.8. The molecule has 0 atom stereocenters. The van der Waals surface area contributed by atoms with Gasteiger partial charge in [-0.15, -0.1) is 0 Å². The van der Waals surface area contributed by atoms with Gasteiger partial charge in [0.25, 0.3) is 5.91 Å². The minimum atomic E-state index is -0.107. The zero-order chi connectivity index (χ0) is 18.8. The highest BCUT2D eigenvalue weighted by atomic mass is 79.9. The van der Waals surface area contributed by atoms with Gasteiger partial charge in [-0.25, -0.2) is 0 Å². The maximum Gasteiger partial charge on any atom is 0.251 e. The van der Waals surface area contributed by atoms with Gasteiger partial charge in [-0.05, 0) is 60.5 Å². The molecule has 0 bridgehead atoms. The molecule has 0 spiro atoms. The largest absolute Gasteiger partial charge is 0.346 e. The van der Waals surface area contributed by atoms with Crippen LogP contribution in [0.4, 0.5) is 0 Å². The van der Waals surface area contributed by atoms with Crippen LogP contribution in [0.2, 0.25) is 0 Å². The van der Waals surface area contributed by atoms with Crippen LogP contribution in [-0.4, -0.2) is 25.5 Å². The molecular formula is C19H22BrN5O. The molecule has 136 valence electrons. The van der Waals surface area contributed by atoms with E-state index in [0.29, 0.717) is 18.7 Å². The summed E-state index contributed by atoms with van der Waals surface area (Å²) < 4.78 is 4.76. The van der Waals surface area contributed by atoms with Crippen LogP contribution >= 0.6 is 15.9 Å². The first-order valence-electron chi connectivity index (χ1n) is 8.41. The van der Waals surface area contributed by atoms with E-state index in [1.165, 1.54) is 0 Å². The molecule has 7 heteroatoms. The van der Waals surface area contributed by atoms with Crippen molar-refractivity contribution < 1.29 is 4.79 Å². The summed E-state index contributed by atoms with van der Waals surface area (Å²) in [6, 6.07) is 9.60. The molecule has 0 aliphatic rings. The van der Waals surface area contributed by atoms with Crippen LogP contribution in [-0.2, 0) is 20.1 Å². The van der Waals surface area contributed by atoms with Gasteiger partial charge in [0.2, 0.25) is 0 Å². The fraction of sp³-hybridized carbons (Fsp3) is 0.316. The summed E-state index contributed by atoms with van der Waals surface area (Å²) in [5.41, 5.74) is 5.61. The molecule has 3 rings (SSSR count). The topological polar surface area (TPSA) is 64.7 Å². The molecule has 0 fully saturated rings. The fourth-order valence-electron chi connectivity index (χ4n) is 2.81. The molecule has 0 aliphatic heterocycles. The van der Waals surface area contributed by atoms with E-state index in [2.05, 4.69) is 31.4 Å². The molecule has 0 unspecified atom stereocenters. The third-order valence-corrected chi connectivity index (χ3v) is 5.56. The van der Waals surface area contributed by atoms with Crippen molar-refractivity contribution in [2.45, 2.75) is 33.9 Å². The van der Waals surface area contributed by atoms with Crippen molar-refractivity contribution in [3.8, 4) is 0 Å². The highest BCUT2D eigenvalue weighted by molar-refractivity contribution is 9.10. The molecule has 26 heavy (non-hydrogen) atoms. The smallest absolute Gasteiger partial charge is 0.251 e. The van der Waals surface area contributed by atoms with Gasteiger partial charge in [0.15, 0.2) is 0 Å². The Morgan fingerprint density at radius 2 is 1.96 bits per heavy atom. The number of nitrogens with one attached hydrogen (secondary N) is 1. The second-order valence-corrected chi connectivity index (χ2v) is 7.22. The Kier molecular flexibility index (Phi) is 5.27. The molecule has 0 radical (unpaired) electrons. The SMILES string of the molecule is Cc1nn(Cc2cccc(C(=O)NCc3cc(C)n(C)n3)c2)c(C)c1Br. The average molecular weight is 416 g/mol. The average Bonchev–Trinajstić information content (AvgIpc) is 3.06. The highest BCUT2D eigenvalue weighted by Gasteiger charge is 2.11. The third-order valence-electron chi connectivity index (χ3n) is 4.41. The molecule has 1 amide bonds. The first-order chi connectivity index (χ1) is 12.3. The Bertz CT molecular complexity index is 937. The van der Waals surface area contributed by atoms with Crippen LogP contribution in [0, 0.1) is 20.8 Å². The van der Waals surface area contributed by atoms with E-state index >= 15 is 0 Å². The summed E-state index contributed by atoms with van der Waals surface area (Å²) in [5.74, 6) is -0.107. The number of carbonyl (C=O) groups is 1. The van der Waals surface area contributed by atoms with Gasteiger partial charge >= 0.3 is 0 Å². The van der Waals surface area contributed by atoms with E-state index < -0.39 is 0 Å². The number of aryl methyl sites for hydroxylation is 3. The van der Waals surface area contributed by atoms with E-state index in [0.717, 1.165) is 32.8 Å². The van der Waals surface area contributed by atoms with Gasteiger partial charge in [-0.3, -0.25) is 14.2 Å². The highest BCUT2D eigenvalue weighted by Crippen LogP contribution is 2.20. The minimum Gasteiger partial charge on any atom is -0.346 e. The number of carbonyl (C=O) groups excluding carboxylic acids is 1. The van der Waals surface area contributed by atoms with E-state index in [1.54, 1.807) is 4.68 Å². The van der Waals surface area contributed by atoms with Crippen LogP contribution in [0.1, 0.15) is 38.7 Å². The molecule has 2 heterocycles. The van der Waals surface area contributed by atoms with Crippen LogP contribution in [0.25, 0.3) is 0 Å². The standard InChI is InChI=1S/C19H22BrN5O/c1-12-8-17(23-24(12)4)10-21-19(26)16-7-5-6-15(9-16)11-25-14(3)18(20)13(2)22-25/h5-9H,10-11H2,1-4H3,(H,21,26). The summed E-state index contributed by atoms with van der Waals surface area (Å²) in [7, 11) is 1.89. The van der Waals surface area contributed by atoms with E-state index in [1.807, 2.05) is 62.8 Å². The van der Waals surface area contributed by atoms with Crippen molar-refractivity contribution in [1.29, 1.82) is 0 Å². The summed E-state index contributed by atoms with van der Waals surface area (Å²) in [6.45, 7) is 7.01. The monoisotopic (exact) mass is 415 g/mol. The Hall–Kier alpha value is -2.41. The molecule has 0 aliphatic carbocycles. The van der Waals surface area contributed by atoms with E-state index in [-0.39, 0.29) is 5.91 Å². The summed E-state index contributed by atoms with van der Waals surface area (Å²) in [6.07, 6.45) is 0. The number of rotatable bonds is 5. The zero-order valence-electron chi connectivity index (χ0n) is 15.4. The molecule has 0 saturated carbocycles. The lowest BCUT2D eigenvalue weighted by Gasteiger charge is -2.08. The van der Waals surface area contributed by atoms with E-state index in [9.17, 15) is 4.79 Å². The number of aromatic nitrogens is 4. The second-order valence-electron chi connectivity index (χ2n) is 6.43. The molecule has 0 saturated heterocycles. The molecular weight excluding hydrogens is 394 g/mol. The lowest BCUT2D eigenvalue weighted by Crippen LogP contribution is -2.23. The maximum absolute atomic E-state index is 12.5.